The molecule has 0 amide bonds. The summed E-state index contributed by atoms with van der Waals surface area (Å²) in [4.78, 5) is 0. The van der Waals surface area contributed by atoms with Gasteiger partial charge in [-0.05, 0) is 49.6 Å². The van der Waals surface area contributed by atoms with Crippen molar-refractivity contribution in [3.8, 4) is 5.75 Å². The Morgan fingerprint density at radius 3 is 2.47 bits per heavy atom. The van der Waals surface area contributed by atoms with Crippen LogP contribution in [0.3, 0.4) is 0 Å². The molecule has 1 fully saturated rings. The Morgan fingerprint density at radius 1 is 1.21 bits per heavy atom. The van der Waals surface area contributed by atoms with E-state index in [0.29, 0.717) is 6.10 Å². The molecule has 1 aliphatic rings. The van der Waals surface area contributed by atoms with Crippen LogP contribution in [0.5, 0.6) is 5.75 Å². The summed E-state index contributed by atoms with van der Waals surface area (Å²) in [5.74, 6) is 8.24. The highest BCUT2D eigenvalue weighted by Gasteiger charge is 2.23. The number of nitrogens with one attached hydrogen (secondary N) is 1. The Hall–Kier alpha value is -1.78. The van der Waals surface area contributed by atoms with Crippen LogP contribution in [0, 0.1) is 6.92 Å². The van der Waals surface area contributed by atoms with E-state index in [1.165, 1.54) is 12.8 Å². The first-order valence-electron chi connectivity index (χ1n) is 6.55. The summed E-state index contributed by atoms with van der Waals surface area (Å²) >= 11 is 0. The van der Waals surface area contributed by atoms with Gasteiger partial charge in [0.1, 0.15) is 23.3 Å². The Morgan fingerprint density at radius 2 is 1.95 bits per heavy atom. The molecule has 4 nitrogen and oxygen atoms in total. The standard InChI is InChI=1S/C15H18N2O2/c1-10-2-9-14(18-10)15(17-16)11-3-5-12(6-4-11)19-13-7-8-13/h2-6,9,13,15,17H,7-8,16H2,1H3. The molecule has 1 aromatic heterocycles. The largest absolute Gasteiger partial charge is 0.490 e. The second kappa shape index (κ2) is 5.07. The van der Waals surface area contributed by atoms with E-state index >= 15 is 0 Å². The first kappa shape index (κ1) is 12.3. The number of hydrogen-bond donors (Lipinski definition) is 2. The minimum Gasteiger partial charge on any atom is -0.490 e. The SMILES string of the molecule is Cc1ccc(C(NN)c2ccc(OC3CC3)cc2)o1. The van der Waals surface area contributed by atoms with Crippen LogP contribution in [0.2, 0.25) is 0 Å². The van der Waals surface area contributed by atoms with Gasteiger partial charge in [-0.2, -0.15) is 0 Å². The number of furan rings is 1. The summed E-state index contributed by atoms with van der Waals surface area (Å²) in [6.45, 7) is 1.92. The highest BCUT2D eigenvalue weighted by atomic mass is 16.5. The van der Waals surface area contributed by atoms with E-state index in [1.807, 2.05) is 43.3 Å². The van der Waals surface area contributed by atoms with Crippen molar-refractivity contribution in [2.24, 2.45) is 5.84 Å². The minimum absolute atomic E-state index is 0.135. The zero-order valence-electron chi connectivity index (χ0n) is 10.9. The van der Waals surface area contributed by atoms with Crippen molar-refractivity contribution >= 4 is 0 Å². The Bertz CT molecular complexity index is 544. The number of ether oxygens (including phenoxy) is 1. The van der Waals surface area contributed by atoms with Gasteiger partial charge in [-0.15, -0.1) is 0 Å². The molecule has 1 heterocycles. The van der Waals surface area contributed by atoms with Crippen LogP contribution in [-0.2, 0) is 0 Å². The van der Waals surface area contributed by atoms with Crippen molar-refractivity contribution in [3.05, 3.63) is 53.5 Å². The van der Waals surface area contributed by atoms with Gasteiger partial charge in [-0.1, -0.05) is 12.1 Å². The Balaban J connectivity index is 1.78. The van der Waals surface area contributed by atoms with Crippen molar-refractivity contribution in [1.82, 2.24) is 5.43 Å². The Labute approximate surface area is 112 Å². The molecule has 4 heteroatoms. The van der Waals surface area contributed by atoms with E-state index in [1.54, 1.807) is 0 Å². The van der Waals surface area contributed by atoms with Crippen LogP contribution in [0.4, 0.5) is 0 Å². The van der Waals surface area contributed by atoms with Gasteiger partial charge in [-0.25, -0.2) is 5.43 Å². The first-order chi connectivity index (χ1) is 9.26. The third-order valence-electron chi connectivity index (χ3n) is 3.25. The van der Waals surface area contributed by atoms with E-state index < -0.39 is 0 Å². The van der Waals surface area contributed by atoms with Crippen LogP contribution in [0.15, 0.2) is 40.8 Å². The maximum absolute atomic E-state index is 5.73. The van der Waals surface area contributed by atoms with Gasteiger partial charge in [0.2, 0.25) is 0 Å². The van der Waals surface area contributed by atoms with Crippen molar-refractivity contribution < 1.29 is 9.15 Å². The lowest BCUT2D eigenvalue weighted by Crippen LogP contribution is -2.28. The summed E-state index contributed by atoms with van der Waals surface area (Å²) in [6.07, 6.45) is 2.75. The first-order valence-corrected chi connectivity index (χ1v) is 6.55. The average Bonchev–Trinajstić information content (AvgIpc) is 3.13. The van der Waals surface area contributed by atoms with Gasteiger partial charge < -0.3 is 9.15 Å². The molecule has 0 saturated heterocycles. The number of benzene rings is 1. The van der Waals surface area contributed by atoms with Crippen LogP contribution < -0.4 is 16.0 Å². The second-order valence-corrected chi connectivity index (χ2v) is 4.93. The molecule has 1 aromatic carbocycles. The number of hydrazine groups is 1. The monoisotopic (exact) mass is 258 g/mol. The molecule has 3 rings (SSSR count). The van der Waals surface area contributed by atoms with Crippen molar-refractivity contribution in [1.29, 1.82) is 0 Å². The molecule has 0 aliphatic heterocycles. The maximum Gasteiger partial charge on any atom is 0.126 e. The van der Waals surface area contributed by atoms with Gasteiger partial charge in [0.15, 0.2) is 0 Å². The molecule has 19 heavy (non-hydrogen) atoms. The number of hydrogen-bond acceptors (Lipinski definition) is 4. The highest BCUT2D eigenvalue weighted by molar-refractivity contribution is 5.33. The van der Waals surface area contributed by atoms with Crippen LogP contribution in [0.1, 0.15) is 36.0 Å². The topological polar surface area (TPSA) is 60.4 Å². The fourth-order valence-electron chi connectivity index (χ4n) is 2.07. The van der Waals surface area contributed by atoms with Crippen LogP contribution in [0.25, 0.3) is 0 Å². The minimum atomic E-state index is -0.135. The summed E-state index contributed by atoms with van der Waals surface area (Å²) < 4.78 is 11.4. The zero-order chi connectivity index (χ0) is 13.2. The van der Waals surface area contributed by atoms with Gasteiger partial charge >= 0.3 is 0 Å². The summed E-state index contributed by atoms with van der Waals surface area (Å²) in [6, 6.07) is 11.7. The summed E-state index contributed by atoms with van der Waals surface area (Å²) in [5, 5.41) is 0. The lowest BCUT2D eigenvalue weighted by molar-refractivity contribution is 0.303. The normalized spacial score (nSPS) is 16.3. The van der Waals surface area contributed by atoms with Gasteiger partial charge in [0.25, 0.3) is 0 Å². The smallest absolute Gasteiger partial charge is 0.126 e. The molecular weight excluding hydrogens is 240 g/mol. The molecule has 3 N–H and O–H groups in total. The fourth-order valence-corrected chi connectivity index (χ4v) is 2.07. The second-order valence-electron chi connectivity index (χ2n) is 4.93. The molecule has 0 bridgehead atoms. The molecule has 2 aromatic rings. The fraction of sp³-hybridized carbons (Fsp3) is 0.333. The Kier molecular flexibility index (Phi) is 3.27. The van der Waals surface area contributed by atoms with Gasteiger partial charge in [0, 0.05) is 0 Å². The predicted octanol–water partition coefficient (Wildman–Crippen LogP) is 2.68. The summed E-state index contributed by atoms with van der Waals surface area (Å²) in [7, 11) is 0. The van der Waals surface area contributed by atoms with E-state index in [-0.39, 0.29) is 6.04 Å². The summed E-state index contributed by atoms with van der Waals surface area (Å²) in [5.41, 5.74) is 3.84. The zero-order valence-corrected chi connectivity index (χ0v) is 10.9. The molecule has 1 unspecified atom stereocenters. The molecule has 1 saturated carbocycles. The molecule has 0 spiro atoms. The van der Waals surface area contributed by atoms with Crippen molar-refractivity contribution in [3.63, 3.8) is 0 Å². The van der Waals surface area contributed by atoms with E-state index in [0.717, 1.165) is 22.8 Å². The lowest BCUT2D eigenvalue weighted by Gasteiger charge is -2.14. The molecule has 100 valence electrons. The third kappa shape index (κ3) is 2.80. The highest BCUT2D eigenvalue weighted by Crippen LogP contribution is 2.29. The third-order valence-corrected chi connectivity index (χ3v) is 3.25. The van der Waals surface area contributed by atoms with Gasteiger partial charge in [-0.3, -0.25) is 5.84 Å². The number of nitrogens with two attached hydrogens (primary N) is 1. The quantitative estimate of drug-likeness (QED) is 0.639. The number of rotatable bonds is 5. The molecule has 1 aliphatic carbocycles. The van der Waals surface area contributed by atoms with E-state index in [9.17, 15) is 0 Å². The van der Waals surface area contributed by atoms with E-state index in [2.05, 4.69) is 5.43 Å². The van der Waals surface area contributed by atoms with Crippen LogP contribution in [-0.4, -0.2) is 6.10 Å². The molecular formula is C15H18N2O2. The number of aryl methyl sites for hydroxylation is 1. The molecule has 0 radical (unpaired) electrons. The van der Waals surface area contributed by atoms with Crippen LogP contribution >= 0.6 is 0 Å². The van der Waals surface area contributed by atoms with Crippen molar-refractivity contribution in [2.75, 3.05) is 0 Å². The van der Waals surface area contributed by atoms with E-state index in [4.69, 9.17) is 15.0 Å². The van der Waals surface area contributed by atoms with Crippen molar-refractivity contribution in [2.45, 2.75) is 31.9 Å². The maximum atomic E-state index is 5.73. The average molecular weight is 258 g/mol. The van der Waals surface area contributed by atoms with Gasteiger partial charge in [0.05, 0.1) is 6.10 Å². The molecule has 1 atom stereocenters. The lowest BCUT2D eigenvalue weighted by atomic mass is 10.1. The predicted molar refractivity (Wildman–Crippen MR) is 72.7 cm³/mol.